The fourth-order valence-electron chi connectivity index (χ4n) is 3.53. The van der Waals surface area contributed by atoms with Gasteiger partial charge >= 0.3 is 0 Å². The predicted molar refractivity (Wildman–Crippen MR) is 106 cm³/mol. The van der Waals surface area contributed by atoms with Crippen LogP contribution in [0.2, 0.25) is 0 Å². The molecule has 2 aromatic rings. The first-order valence-corrected chi connectivity index (χ1v) is 11.9. The molecule has 154 valence electrons. The minimum atomic E-state index is -3.72. The average Bonchev–Trinajstić information content (AvgIpc) is 2.89. The maximum absolute atomic E-state index is 13.1. The zero-order chi connectivity index (χ0) is 20.9. The Labute approximate surface area is 166 Å². The van der Waals surface area contributed by atoms with E-state index in [-0.39, 0.29) is 36.0 Å². The van der Waals surface area contributed by atoms with Gasteiger partial charge in [0.05, 0.1) is 16.3 Å². The number of nitrogens with zero attached hydrogens (tertiary/aromatic N) is 4. The van der Waals surface area contributed by atoms with Crippen LogP contribution in [0.4, 0.5) is 0 Å². The van der Waals surface area contributed by atoms with Crippen molar-refractivity contribution in [2.75, 3.05) is 26.2 Å². The van der Waals surface area contributed by atoms with Gasteiger partial charge in [0.2, 0.25) is 20.0 Å². The number of aryl methyl sites for hydroxylation is 4. The lowest BCUT2D eigenvalue weighted by Gasteiger charge is -2.33. The lowest BCUT2D eigenvalue weighted by molar-refractivity contribution is 0.272. The van der Waals surface area contributed by atoms with E-state index >= 15 is 0 Å². The van der Waals surface area contributed by atoms with Crippen molar-refractivity contribution in [3.05, 3.63) is 40.7 Å². The smallest absolute Gasteiger partial charge is 0.246 e. The summed E-state index contributed by atoms with van der Waals surface area (Å²) in [7, 11) is -5.68. The summed E-state index contributed by atoms with van der Waals surface area (Å²) in [4.78, 5) is 0.489. The number of hydrogen-bond acceptors (Lipinski definition) is 5. The van der Waals surface area contributed by atoms with E-state index in [2.05, 4.69) is 5.10 Å². The number of sulfonamides is 2. The molecule has 2 heterocycles. The van der Waals surface area contributed by atoms with E-state index in [4.69, 9.17) is 0 Å². The van der Waals surface area contributed by atoms with Crippen LogP contribution in [0.15, 0.2) is 28.0 Å². The summed E-state index contributed by atoms with van der Waals surface area (Å²) in [5, 5.41) is 4.19. The topological polar surface area (TPSA) is 92.6 Å². The summed E-state index contributed by atoms with van der Waals surface area (Å²) in [5.74, 6) is 0. The maximum atomic E-state index is 13.1. The van der Waals surface area contributed by atoms with Crippen molar-refractivity contribution in [2.24, 2.45) is 7.05 Å². The highest BCUT2D eigenvalue weighted by Gasteiger charge is 2.36. The van der Waals surface area contributed by atoms with E-state index in [0.717, 1.165) is 5.56 Å². The Morgan fingerprint density at radius 1 is 0.857 bits per heavy atom. The average molecular weight is 427 g/mol. The summed E-state index contributed by atoms with van der Waals surface area (Å²) in [6, 6.07) is 5.32. The minimum absolute atomic E-state index is 0.111. The summed E-state index contributed by atoms with van der Waals surface area (Å²) >= 11 is 0. The van der Waals surface area contributed by atoms with Gasteiger partial charge in [-0.15, -0.1) is 0 Å². The standard InChI is InChI=1S/C18H26N4O4S2/c1-13-6-7-14(2)17(12-13)27(23,24)21-8-10-22(11-9-21)28(25,26)18-15(3)19-20(5)16(18)4/h6-7,12H,8-11H2,1-5H3. The molecule has 0 bridgehead atoms. The number of rotatable bonds is 4. The molecule has 10 heteroatoms. The molecular formula is C18H26N4O4S2. The highest BCUT2D eigenvalue weighted by atomic mass is 32.2. The molecule has 1 aliphatic heterocycles. The van der Waals surface area contributed by atoms with Crippen molar-refractivity contribution in [1.82, 2.24) is 18.4 Å². The highest BCUT2D eigenvalue weighted by molar-refractivity contribution is 7.89. The normalized spacial score (nSPS) is 17.2. The van der Waals surface area contributed by atoms with Gasteiger partial charge in [0.15, 0.2) is 0 Å². The first-order chi connectivity index (χ1) is 13.0. The van der Waals surface area contributed by atoms with Crippen molar-refractivity contribution in [2.45, 2.75) is 37.5 Å². The summed E-state index contributed by atoms with van der Waals surface area (Å²) < 4.78 is 56.5. The zero-order valence-corrected chi connectivity index (χ0v) is 18.4. The number of aromatic nitrogens is 2. The molecule has 0 saturated carbocycles. The lowest BCUT2D eigenvalue weighted by Crippen LogP contribution is -2.50. The number of piperazine rings is 1. The number of benzene rings is 1. The van der Waals surface area contributed by atoms with Crippen LogP contribution in [-0.4, -0.2) is 61.4 Å². The molecule has 0 unspecified atom stereocenters. The fraction of sp³-hybridized carbons (Fsp3) is 0.500. The Hall–Kier alpha value is -1.75. The van der Waals surface area contributed by atoms with Crippen LogP contribution in [0, 0.1) is 27.7 Å². The van der Waals surface area contributed by atoms with Gasteiger partial charge in [-0.3, -0.25) is 4.68 Å². The Morgan fingerprint density at radius 3 is 1.89 bits per heavy atom. The van der Waals surface area contributed by atoms with Gasteiger partial charge in [-0.05, 0) is 44.9 Å². The third kappa shape index (κ3) is 3.49. The zero-order valence-electron chi connectivity index (χ0n) is 16.8. The predicted octanol–water partition coefficient (Wildman–Crippen LogP) is 1.35. The Balaban J connectivity index is 1.83. The lowest BCUT2D eigenvalue weighted by atomic mass is 10.2. The third-order valence-corrected chi connectivity index (χ3v) is 9.39. The highest BCUT2D eigenvalue weighted by Crippen LogP contribution is 2.26. The van der Waals surface area contributed by atoms with Gasteiger partial charge in [-0.1, -0.05) is 12.1 Å². The van der Waals surface area contributed by atoms with Crippen molar-refractivity contribution < 1.29 is 16.8 Å². The molecule has 0 N–H and O–H groups in total. The van der Waals surface area contributed by atoms with E-state index in [9.17, 15) is 16.8 Å². The van der Waals surface area contributed by atoms with Crippen molar-refractivity contribution in [3.63, 3.8) is 0 Å². The molecular weight excluding hydrogens is 400 g/mol. The Morgan fingerprint density at radius 2 is 1.39 bits per heavy atom. The van der Waals surface area contributed by atoms with E-state index in [1.54, 1.807) is 44.6 Å². The molecule has 0 amide bonds. The first-order valence-electron chi connectivity index (χ1n) is 9.04. The molecule has 0 atom stereocenters. The number of hydrogen-bond donors (Lipinski definition) is 0. The first kappa shape index (κ1) is 21.0. The second-order valence-electron chi connectivity index (χ2n) is 7.20. The van der Waals surface area contributed by atoms with Crippen LogP contribution < -0.4 is 0 Å². The van der Waals surface area contributed by atoms with Crippen molar-refractivity contribution in [1.29, 1.82) is 0 Å². The Kier molecular flexibility index (Phi) is 5.43. The summed E-state index contributed by atoms with van der Waals surface area (Å²) in [6.45, 7) is 7.46. The Bertz CT molecular complexity index is 1110. The van der Waals surface area contributed by atoms with Crippen LogP contribution in [0.5, 0.6) is 0 Å². The van der Waals surface area contributed by atoms with Gasteiger partial charge in [0, 0.05) is 33.2 Å². The summed E-state index contributed by atoms with van der Waals surface area (Å²) in [5.41, 5.74) is 2.57. The van der Waals surface area contributed by atoms with Crippen LogP contribution in [-0.2, 0) is 27.1 Å². The van der Waals surface area contributed by atoms with Gasteiger partial charge < -0.3 is 0 Å². The van der Waals surface area contributed by atoms with Crippen LogP contribution >= 0.6 is 0 Å². The van der Waals surface area contributed by atoms with E-state index in [0.29, 0.717) is 17.0 Å². The molecule has 8 nitrogen and oxygen atoms in total. The third-order valence-electron chi connectivity index (χ3n) is 5.20. The molecule has 0 radical (unpaired) electrons. The molecule has 1 aromatic heterocycles. The molecule has 28 heavy (non-hydrogen) atoms. The molecule has 1 fully saturated rings. The molecule has 1 aromatic carbocycles. The van der Waals surface area contributed by atoms with Gasteiger partial charge in [-0.25, -0.2) is 16.8 Å². The van der Waals surface area contributed by atoms with Gasteiger partial charge in [-0.2, -0.15) is 13.7 Å². The molecule has 0 aliphatic carbocycles. The van der Waals surface area contributed by atoms with Crippen LogP contribution in [0.1, 0.15) is 22.5 Å². The maximum Gasteiger partial charge on any atom is 0.246 e. The van der Waals surface area contributed by atoms with Crippen molar-refractivity contribution >= 4 is 20.0 Å². The fourth-order valence-corrected chi connectivity index (χ4v) is 7.09. The second-order valence-corrected chi connectivity index (χ2v) is 11.0. The molecule has 1 aliphatic rings. The van der Waals surface area contributed by atoms with E-state index in [1.165, 1.54) is 8.61 Å². The SMILES string of the molecule is Cc1ccc(C)c(S(=O)(=O)N2CCN(S(=O)(=O)c3c(C)nn(C)c3C)CC2)c1. The molecule has 3 rings (SSSR count). The summed E-state index contributed by atoms with van der Waals surface area (Å²) in [6.07, 6.45) is 0. The quantitative estimate of drug-likeness (QED) is 0.736. The van der Waals surface area contributed by atoms with Crippen LogP contribution in [0.3, 0.4) is 0 Å². The van der Waals surface area contributed by atoms with Crippen molar-refractivity contribution in [3.8, 4) is 0 Å². The second kappa shape index (κ2) is 7.25. The molecule has 0 spiro atoms. The monoisotopic (exact) mass is 426 g/mol. The minimum Gasteiger partial charge on any atom is -0.271 e. The van der Waals surface area contributed by atoms with E-state index < -0.39 is 20.0 Å². The largest absolute Gasteiger partial charge is 0.271 e. The van der Waals surface area contributed by atoms with E-state index in [1.807, 2.05) is 13.0 Å². The van der Waals surface area contributed by atoms with Gasteiger partial charge in [0.1, 0.15) is 4.90 Å². The molecule has 1 saturated heterocycles. The van der Waals surface area contributed by atoms with Crippen LogP contribution in [0.25, 0.3) is 0 Å². The van der Waals surface area contributed by atoms with Gasteiger partial charge in [0.25, 0.3) is 0 Å².